The van der Waals surface area contributed by atoms with Crippen molar-refractivity contribution in [3.8, 4) is 0 Å². The zero-order valence-electron chi connectivity index (χ0n) is 18.0. The van der Waals surface area contributed by atoms with Crippen molar-refractivity contribution >= 4 is 23.6 Å². The molecule has 1 saturated heterocycles. The number of rotatable bonds is 5. The highest BCUT2D eigenvalue weighted by Crippen LogP contribution is 2.27. The average molecular weight is 473 g/mol. The summed E-state index contributed by atoms with van der Waals surface area (Å²) in [5.41, 5.74) is 1.21. The monoisotopic (exact) mass is 473 g/mol. The molecule has 1 atom stereocenters. The summed E-state index contributed by atoms with van der Waals surface area (Å²) in [7, 11) is 0. The summed E-state index contributed by atoms with van der Waals surface area (Å²) < 4.78 is 37.6. The average Bonchev–Trinajstić information content (AvgIpc) is 3.08. The van der Waals surface area contributed by atoms with Crippen LogP contribution in [0.3, 0.4) is 0 Å². The third-order valence-electron chi connectivity index (χ3n) is 6.09. The minimum atomic E-state index is -4.97. The van der Waals surface area contributed by atoms with Crippen molar-refractivity contribution in [3.63, 3.8) is 0 Å². The lowest BCUT2D eigenvalue weighted by molar-refractivity contribution is -0.174. The fourth-order valence-electron chi connectivity index (χ4n) is 4.34. The first-order valence-corrected chi connectivity index (χ1v) is 10.8. The fourth-order valence-corrected chi connectivity index (χ4v) is 4.34. The largest absolute Gasteiger partial charge is 0.471 e. The van der Waals surface area contributed by atoms with Crippen molar-refractivity contribution < 1.29 is 32.3 Å². The van der Waals surface area contributed by atoms with E-state index < -0.39 is 41.9 Å². The molecule has 2 aliphatic heterocycles. The van der Waals surface area contributed by atoms with Crippen LogP contribution in [0, 0.1) is 0 Å². The Balaban J connectivity index is 1.53. The van der Waals surface area contributed by atoms with E-state index in [0.29, 0.717) is 0 Å². The number of likely N-dealkylation sites (tertiary alicyclic amines) is 1. The van der Waals surface area contributed by atoms with E-state index in [-0.39, 0.29) is 43.5 Å². The van der Waals surface area contributed by atoms with Crippen LogP contribution >= 0.6 is 0 Å². The van der Waals surface area contributed by atoms with Crippen molar-refractivity contribution in [2.45, 2.75) is 37.5 Å². The summed E-state index contributed by atoms with van der Waals surface area (Å²) in [6.45, 7) is 0.187. The maximum Gasteiger partial charge on any atom is 0.471 e. The molecule has 0 spiro atoms. The number of halogens is 3. The van der Waals surface area contributed by atoms with Crippen LogP contribution in [0.15, 0.2) is 54.6 Å². The predicted octanol–water partition coefficient (Wildman–Crippen LogP) is 2.56. The number of benzene rings is 2. The van der Waals surface area contributed by atoms with E-state index in [1.807, 2.05) is 11.4 Å². The minimum absolute atomic E-state index is 0.0933. The van der Waals surface area contributed by atoms with Crippen molar-refractivity contribution in [1.82, 2.24) is 15.1 Å². The Morgan fingerprint density at radius 1 is 0.912 bits per heavy atom. The highest BCUT2D eigenvalue weighted by atomic mass is 19.4. The van der Waals surface area contributed by atoms with E-state index in [2.05, 4.69) is 0 Å². The van der Waals surface area contributed by atoms with Crippen LogP contribution in [-0.2, 0) is 16.0 Å². The second kappa shape index (κ2) is 9.28. The van der Waals surface area contributed by atoms with Crippen molar-refractivity contribution in [1.29, 1.82) is 0 Å². The van der Waals surface area contributed by atoms with Gasteiger partial charge in [-0.3, -0.25) is 24.1 Å². The van der Waals surface area contributed by atoms with E-state index >= 15 is 0 Å². The molecule has 10 heteroatoms. The Morgan fingerprint density at radius 2 is 1.44 bits per heavy atom. The summed E-state index contributed by atoms with van der Waals surface area (Å²) in [4.78, 5) is 53.3. The number of imide groups is 1. The molecule has 2 aliphatic rings. The zero-order valence-corrected chi connectivity index (χ0v) is 18.0. The molecule has 2 aromatic carbocycles. The molecule has 2 aromatic rings. The third kappa shape index (κ3) is 4.66. The van der Waals surface area contributed by atoms with Crippen LogP contribution < -0.4 is 5.32 Å². The summed E-state index contributed by atoms with van der Waals surface area (Å²) in [6, 6.07) is 13.5. The topological polar surface area (TPSA) is 86.8 Å². The number of carbonyl (C=O) groups excluding carboxylic acids is 4. The van der Waals surface area contributed by atoms with Gasteiger partial charge in [0, 0.05) is 25.6 Å². The molecule has 2 heterocycles. The second-order valence-corrected chi connectivity index (χ2v) is 8.30. The number of hydrogen-bond donors (Lipinski definition) is 1. The normalized spacial score (nSPS) is 17.5. The van der Waals surface area contributed by atoms with Gasteiger partial charge in [0.25, 0.3) is 11.8 Å². The Bertz CT molecular complexity index is 1080. The Labute approximate surface area is 193 Å². The number of nitrogens with one attached hydrogen (secondary N) is 1. The summed E-state index contributed by atoms with van der Waals surface area (Å²) in [6.07, 6.45) is -4.60. The molecule has 0 saturated carbocycles. The second-order valence-electron chi connectivity index (χ2n) is 8.30. The fraction of sp³-hybridized carbons (Fsp3) is 0.333. The number of fused-ring (bicyclic) bond motifs is 1. The molecule has 0 aliphatic carbocycles. The van der Waals surface area contributed by atoms with Crippen molar-refractivity contribution in [2.75, 3.05) is 13.1 Å². The Hall–Kier alpha value is -3.69. The SMILES string of the molecule is O=C(C(Cc1ccccc1)N1C(=O)c2ccccc2C1=O)N1CCC(NC(=O)C(F)(F)F)CC1. The number of nitrogens with zero attached hydrogens (tertiary/aromatic N) is 2. The lowest BCUT2D eigenvalue weighted by atomic mass is 10.00. The van der Waals surface area contributed by atoms with E-state index in [0.717, 1.165) is 10.5 Å². The van der Waals surface area contributed by atoms with Crippen molar-refractivity contribution in [2.24, 2.45) is 0 Å². The first-order chi connectivity index (χ1) is 16.2. The number of alkyl halides is 3. The highest BCUT2D eigenvalue weighted by molar-refractivity contribution is 6.22. The number of hydrogen-bond acceptors (Lipinski definition) is 4. The van der Waals surface area contributed by atoms with Crippen LogP contribution in [0.1, 0.15) is 39.1 Å². The molecule has 0 bridgehead atoms. The molecule has 1 N–H and O–H groups in total. The van der Waals surface area contributed by atoms with Gasteiger partial charge in [-0.05, 0) is 30.5 Å². The zero-order chi connectivity index (χ0) is 24.5. The van der Waals surface area contributed by atoms with Gasteiger partial charge in [-0.1, -0.05) is 42.5 Å². The lowest BCUT2D eigenvalue weighted by Crippen LogP contribution is -2.55. The Kier molecular flexibility index (Phi) is 6.41. The van der Waals surface area contributed by atoms with Gasteiger partial charge < -0.3 is 10.2 Å². The predicted molar refractivity (Wildman–Crippen MR) is 115 cm³/mol. The molecular weight excluding hydrogens is 451 g/mol. The van der Waals surface area contributed by atoms with Crippen LogP contribution in [-0.4, -0.2) is 64.8 Å². The highest BCUT2D eigenvalue weighted by Gasteiger charge is 2.45. The molecule has 7 nitrogen and oxygen atoms in total. The molecule has 1 unspecified atom stereocenters. The van der Waals surface area contributed by atoms with Gasteiger partial charge in [0.05, 0.1) is 11.1 Å². The van der Waals surface area contributed by atoms with Gasteiger partial charge >= 0.3 is 12.1 Å². The van der Waals surface area contributed by atoms with E-state index in [1.54, 1.807) is 36.4 Å². The molecule has 178 valence electrons. The maximum atomic E-state index is 13.5. The minimum Gasteiger partial charge on any atom is -0.345 e. The van der Waals surface area contributed by atoms with Crippen LogP contribution in [0.4, 0.5) is 13.2 Å². The third-order valence-corrected chi connectivity index (χ3v) is 6.09. The Morgan fingerprint density at radius 3 is 1.97 bits per heavy atom. The smallest absolute Gasteiger partial charge is 0.345 e. The van der Waals surface area contributed by atoms with Gasteiger partial charge in [0.15, 0.2) is 0 Å². The van der Waals surface area contributed by atoms with Gasteiger partial charge in [0.1, 0.15) is 6.04 Å². The van der Waals surface area contributed by atoms with Gasteiger partial charge in [0.2, 0.25) is 5.91 Å². The quantitative estimate of drug-likeness (QED) is 0.677. The number of amides is 4. The van der Waals surface area contributed by atoms with Crippen molar-refractivity contribution in [3.05, 3.63) is 71.3 Å². The summed E-state index contributed by atoms with van der Waals surface area (Å²) in [5.74, 6) is -3.58. The van der Waals surface area contributed by atoms with E-state index in [4.69, 9.17) is 0 Å². The molecule has 0 aromatic heterocycles. The first-order valence-electron chi connectivity index (χ1n) is 10.8. The standard InChI is InChI=1S/C24H22F3N3O4/c25-24(26,27)23(34)28-16-10-12-29(13-11-16)22(33)19(14-15-6-2-1-3-7-15)30-20(31)17-8-4-5-9-18(17)21(30)32/h1-9,16,19H,10-14H2,(H,28,34). The summed E-state index contributed by atoms with van der Waals surface area (Å²) >= 11 is 0. The van der Waals surface area contributed by atoms with Gasteiger partial charge in [-0.15, -0.1) is 0 Å². The number of carbonyl (C=O) groups is 4. The molecule has 0 radical (unpaired) electrons. The molecule has 34 heavy (non-hydrogen) atoms. The van der Waals surface area contributed by atoms with Crippen LogP contribution in [0.2, 0.25) is 0 Å². The number of piperidine rings is 1. The summed E-state index contributed by atoms with van der Waals surface area (Å²) in [5, 5.41) is 1.95. The van der Waals surface area contributed by atoms with Gasteiger partial charge in [-0.2, -0.15) is 13.2 Å². The lowest BCUT2D eigenvalue weighted by Gasteiger charge is -2.36. The maximum absolute atomic E-state index is 13.5. The van der Waals surface area contributed by atoms with Crippen LogP contribution in [0.5, 0.6) is 0 Å². The molecule has 1 fully saturated rings. The first kappa shape index (κ1) is 23.5. The van der Waals surface area contributed by atoms with E-state index in [1.165, 1.54) is 17.0 Å². The van der Waals surface area contributed by atoms with Crippen LogP contribution in [0.25, 0.3) is 0 Å². The molecular formula is C24H22F3N3O4. The molecule has 4 amide bonds. The molecule has 4 rings (SSSR count). The van der Waals surface area contributed by atoms with Gasteiger partial charge in [-0.25, -0.2) is 0 Å². The van der Waals surface area contributed by atoms with E-state index in [9.17, 15) is 32.3 Å².